The van der Waals surface area contributed by atoms with E-state index in [9.17, 15) is 0 Å². The van der Waals surface area contributed by atoms with E-state index in [-0.39, 0.29) is 5.95 Å². The van der Waals surface area contributed by atoms with Gasteiger partial charge in [-0.25, -0.2) is 4.52 Å². The fraction of sp³-hybridized carbons (Fsp3) is 0.0714. The average molecular weight is 264 g/mol. The highest BCUT2D eigenvalue weighted by Crippen LogP contribution is 2.30. The first kappa shape index (κ1) is 11.0. The summed E-state index contributed by atoms with van der Waals surface area (Å²) in [5.41, 5.74) is 9.60. The molecule has 0 amide bonds. The number of hydrogen-bond donors (Lipinski definition) is 1. The number of benzene rings is 1. The molecule has 0 fully saturated rings. The van der Waals surface area contributed by atoms with Crippen LogP contribution < -0.4 is 5.73 Å². The van der Waals surface area contributed by atoms with Crippen LogP contribution in [0.3, 0.4) is 0 Å². The molecule has 4 rings (SSSR count). The van der Waals surface area contributed by atoms with Gasteiger partial charge in [0, 0.05) is 24.2 Å². The quantitative estimate of drug-likeness (QED) is 0.569. The molecule has 0 bridgehead atoms. The molecule has 6 nitrogen and oxygen atoms in total. The number of anilines is 1. The minimum Gasteiger partial charge on any atom is -0.366 e. The maximum atomic E-state index is 5.69. The van der Waals surface area contributed by atoms with Gasteiger partial charge in [-0.15, -0.1) is 5.10 Å². The normalized spacial score (nSPS) is 11.4. The zero-order valence-corrected chi connectivity index (χ0v) is 10.9. The Morgan fingerprint density at radius 2 is 1.95 bits per heavy atom. The van der Waals surface area contributed by atoms with Crippen molar-refractivity contribution in [3.05, 3.63) is 42.7 Å². The second kappa shape index (κ2) is 3.80. The Hall–Kier alpha value is -2.89. The van der Waals surface area contributed by atoms with Gasteiger partial charge >= 0.3 is 0 Å². The minimum atomic E-state index is 0.274. The largest absolute Gasteiger partial charge is 0.366 e. The van der Waals surface area contributed by atoms with Crippen LogP contribution in [0.2, 0.25) is 0 Å². The molecule has 1 aromatic carbocycles. The first-order valence-electron chi connectivity index (χ1n) is 6.26. The van der Waals surface area contributed by atoms with Crippen LogP contribution in [0.1, 0.15) is 0 Å². The van der Waals surface area contributed by atoms with E-state index < -0.39 is 0 Å². The molecule has 20 heavy (non-hydrogen) atoms. The van der Waals surface area contributed by atoms with Crippen LogP contribution in [-0.4, -0.2) is 24.4 Å². The van der Waals surface area contributed by atoms with Crippen LogP contribution in [0.15, 0.2) is 42.7 Å². The van der Waals surface area contributed by atoms with E-state index in [1.165, 1.54) is 0 Å². The number of hydrogen-bond acceptors (Lipinski definition) is 4. The highest BCUT2D eigenvalue weighted by atomic mass is 15.3. The third-order valence-electron chi connectivity index (χ3n) is 3.46. The average Bonchev–Trinajstić information content (AvgIpc) is 3.01. The van der Waals surface area contributed by atoms with Gasteiger partial charge in [-0.2, -0.15) is 10.1 Å². The molecule has 0 saturated carbocycles. The predicted octanol–water partition coefficient (Wildman–Crippen LogP) is 1.87. The lowest BCUT2D eigenvalue weighted by Crippen LogP contribution is -1.91. The molecule has 0 aliphatic carbocycles. The smallest absolute Gasteiger partial charge is 0.240 e. The number of aromatic nitrogens is 5. The summed E-state index contributed by atoms with van der Waals surface area (Å²) in [5.74, 6) is 0.274. The van der Waals surface area contributed by atoms with Crippen molar-refractivity contribution in [2.45, 2.75) is 0 Å². The Labute approximate surface area is 114 Å². The zero-order valence-electron chi connectivity index (χ0n) is 10.9. The summed E-state index contributed by atoms with van der Waals surface area (Å²) < 4.78 is 3.55. The van der Waals surface area contributed by atoms with Crippen LogP contribution >= 0.6 is 0 Å². The number of nitrogen functional groups attached to an aromatic ring is 1. The molecule has 0 atom stereocenters. The number of fused-ring (bicyclic) bond motifs is 2. The fourth-order valence-electron chi connectivity index (χ4n) is 2.55. The third-order valence-corrected chi connectivity index (χ3v) is 3.46. The Kier molecular flexibility index (Phi) is 2.09. The van der Waals surface area contributed by atoms with E-state index in [0.717, 1.165) is 27.7 Å². The van der Waals surface area contributed by atoms with Crippen LogP contribution in [-0.2, 0) is 7.05 Å². The topological polar surface area (TPSA) is 74.0 Å². The highest BCUT2D eigenvalue weighted by Gasteiger charge is 2.12. The number of nitrogens with two attached hydrogens (primary N) is 1. The van der Waals surface area contributed by atoms with Gasteiger partial charge < -0.3 is 5.73 Å². The second-order valence-electron chi connectivity index (χ2n) is 4.67. The first-order chi connectivity index (χ1) is 9.74. The van der Waals surface area contributed by atoms with Crippen molar-refractivity contribution in [1.82, 2.24) is 24.4 Å². The predicted molar refractivity (Wildman–Crippen MR) is 77.1 cm³/mol. The summed E-state index contributed by atoms with van der Waals surface area (Å²) in [6.45, 7) is 0. The lowest BCUT2D eigenvalue weighted by molar-refractivity contribution is 0.797. The fourth-order valence-corrected chi connectivity index (χ4v) is 2.55. The van der Waals surface area contributed by atoms with Crippen molar-refractivity contribution < 1.29 is 0 Å². The Balaban J connectivity index is 2.11. The molecule has 4 aromatic rings. The van der Waals surface area contributed by atoms with Crippen molar-refractivity contribution in [2.24, 2.45) is 7.05 Å². The van der Waals surface area contributed by atoms with E-state index in [1.807, 2.05) is 48.4 Å². The van der Waals surface area contributed by atoms with Crippen LogP contribution in [0, 0.1) is 0 Å². The van der Waals surface area contributed by atoms with E-state index in [4.69, 9.17) is 5.73 Å². The van der Waals surface area contributed by atoms with Gasteiger partial charge in [0.2, 0.25) is 5.95 Å². The van der Waals surface area contributed by atoms with Gasteiger partial charge in [0.05, 0.1) is 11.7 Å². The molecular formula is C14H12N6. The number of nitrogens with zero attached hydrogens (tertiary/aromatic N) is 5. The molecule has 3 aromatic heterocycles. The molecule has 0 aliphatic rings. The van der Waals surface area contributed by atoms with E-state index in [2.05, 4.69) is 21.2 Å². The SMILES string of the molecule is Cn1ncc2c(-c3cccn4nc(N)nc34)cccc21. The van der Waals surface area contributed by atoms with Gasteiger partial charge in [-0.3, -0.25) is 4.68 Å². The minimum absolute atomic E-state index is 0.274. The number of rotatable bonds is 1. The lowest BCUT2D eigenvalue weighted by Gasteiger charge is -2.04. The summed E-state index contributed by atoms with van der Waals surface area (Å²) in [6, 6.07) is 10.1. The van der Waals surface area contributed by atoms with Crippen molar-refractivity contribution in [2.75, 3.05) is 5.73 Å². The molecule has 2 N–H and O–H groups in total. The molecule has 0 unspecified atom stereocenters. The van der Waals surface area contributed by atoms with Crippen molar-refractivity contribution >= 4 is 22.5 Å². The Morgan fingerprint density at radius 3 is 2.85 bits per heavy atom. The molecule has 98 valence electrons. The Bertz CT molecular complexity index is 921. The van der Waals surface area contributed by atoms with E-state index >= 15 is 0 Å². The van der Waals surface area contributed by atoms with Crippen LogP contribution in [0.25, 0.3) is 27.7 Å². The van der Waals surface area contributed by atoms with E-state index in [0.29, 0.717) is 0 Å². The van der Waals surface area contributed by atoms with Crippen molar-refractivity contribution in [3.8, 4) is 11.1 Å². The summed E-state index contributed by atoms with van der Waals surface area (Å²) in [6.07, 6.45) is 3.71. The number of aryl methyl sites for hydroxylation is 1. The van der Waals surface area contributed by atoms with Gasteiger partial charge in [-0.1, -0.05) is 12.1 Å². The summed E-state index contributed by atoms with van der Waals surface area (Å²) in [7, 11) is 1.93. The van der Waals surface area contributed by atoms with Crippen LogP contribution in [0.5, 0.6) is 0 Å². The van der Waals surface area contributed by atoms with Gasteiger partial charge in [-0.05, 0) is 23.8 Å². The van der Waals surface area contributed by atoms with Crippen molar-refractivity contribution in [3.63, 3.8) is 0 Å². The Morgan fingerprint density at radius 1 is 1.10 bits per heavy atom. The monoisotopic (exact) mass is 264 g/mol. The maximum absolute atomic E-state index is 5.69. The van der Waals surface area contributed by atoms with Crippen LogP contribution in [0.4, 0.5) is 5.95 Å². The number of pyridine rings is 1. The molecule has 6 heteroatoms. The molecule has 0 aliphatic heterocycles. The van der Waals surface area contributed by atoms with Gasteiger partial charge in [0.25, 0.3) is 0 Å². The second-order valence-corrected chi connectivity index (χ2v) is 4.67. The lowest BCUT2D eigenvalue weighted by atomic mass is 10.0. The standard InChI is InChI=1S/C14H12N6/c1-19-12-6-2-4-9(11(12)8-16-19)10-5-3-7-20-13(10)17-14(15)18-20/h2-8H,1H3,(H2,15,18). The first-order valence-corrected chi connectivity index (χ1v) is 6.26. The zero-order chi connectivity index (χ0) is 13.7. The highest BCUT2D eigenvalue weighted by molar-refractivity contribution is 5.98. The summed E-state index contributed by atoms with van der Waals surface area (Å²) in [5, 5.41) is 9.55. The third kappa shape index (κ3) is 1.41. The molecular weight excluding hydrogens is 252 g/mol. The summed E-state index contributed by atoms with van der Waals surface area (Å²) in [4.78, 5) is 4.31. The van der Waals surface area contributed by atoms with Crippen molar-refractivity contribution in [1.29, 1.82) is 0 Å². The summed E-state index contributed by atoms with van der Waals surface area (Å²) >= 11 is 0. The molecule has 0 spiro atoms. The molecule has 3 heterocycles. The molecule has 0 radical (unpaired) electrons. The van der Waals surface area contributed by atoms with Gasteiger partial charge in [0.15, 0.2) is 5.65 Å². The van der Waals surface area contributed by atoms with E-state index in [1.54, 1.807) is 4.52 Å². The maximum Gasteiger partial charge on any atom is 0.240 e. The molecule has 0 saturated heterocycles. The van der Waals surface area contributed by atoms with Gasteiger partial charge in [0.1, 0.15) is 0 Å².